The first-order chi connectivity index (χ1) is 5.38. The highest BCUT2D eigenvalue weighted by Gasteiger charge is 1.91. The topological polar surface area (TPSA) is 12.9 Å². The van der Waals surface area contributed by atoms with Crippen LogP contribution in [0.5, 0.6) is 0 Å². The fourth-order valence-corrected chi connectivity index (χ4v) is 2.00. The van der Waals surface area contributed by atoms with Crippen LogP contribution in [0.2, 0.25) is 0 Å². The molecule has 0 saturated carbocycles. The third kappa shape index (κ3) is 1.17. The number of aromatic nitrogens is 1. The van der Waals surface area contributed by atoms with Gasteiger partial charge < -0.3 is 0 Å². The maximum Gasteiger partial charge on any atom is 0.0657 e. The quantitative estimate of drug-likeness (QED) is 0.576. The van der Waals surface area contributed by atoms with E-state index in [1.807, 2.05) is 24.3 Å². The van der Waals surface area contributed by atoms with E-state index in [0.29, 0.717) is 0 Å². The van der Waals surface area contributed by atoms with Gasteiger partial charge in [-0.25, -0.2) is 0 Å². The van der Waals surface area contributed by atoms with Gasteiger partial charge in [0.1, 0.15) is 0 Å². The van der Waals surface area contributed by atoms with Crippen LogP contribution in [0, 0.1) is 4.51 Å². The molecule has 1 aromatic carbocycles. The van der Waals surface area contributed by atoms with Crippen LogP contribution in [0.1, 0.15) is 0 Å². The summed E-state index contributed by atoms with van der Waals surface area (Å²) in [4.78, 5) is 0. The van der Waals surface area contributed by atoms with Gasteiger partial charge in [0.05, 0.1) is 15.4 Å². The third-order valence-electron chi connectivity index (χ3n) is 1.47. The van der Waals surface area contributed by atoms with Crippen LogP contribution in [0.25, 0.3) is 10.1 Å². The number of rotatable bonds is 0. The second kappa shape index (κ2) is 2.68. The van der Waals surface area contributed by atoms with Gasteiger partial charge in [0.25, 0.3) is 0 Å². The Morgan fingerprint density at radius 1 is 1.27 bits per heavy atom. The molecule has 54 valence electrons. The van der Waals surface area contributed by atoms with Crippen molar-refractivity contribution >= 4 is 33.8 Å². The minimum atomic E-state index is 0.833. The standard InChI is InChI=1S/C8H5NS2/c10-7-5-9-11-8-4-2-1-3-6(7)8/h1-5H. The Morgan fingerprint density at radius 3 is 2.91 bits per heavy atom. The predicted molar refractivity (Wildman–Crippen MR) is 50.5 cm³/mol. The van der Waals surface area contributed by atoms with E-state index in [2.05, 4.69) is 4.37 Å². The maximum absolute atomic E-state index is 5.10. The molecule has 1 nitrogen and oxygen atoms in total. The van der Waals surface area contributed by atoms with Gasteiger partial charge in [0.2, 0.25) is 0 Å². The molecule has 0 spiro atoms. The molecule has 0 aliphatic rings. The molecule has 3 heteroatoms. The van der Waals surface area contributed by atoms with Crippen molar-refractivity contribution in [2.45, 2.75) is 0 Å². The van der Waals surface area contributed by atoms with E-state index in [1.54, 1.807) is 6.20 Å². The summed E-state index contributed by atoms with van der Waals surface area (Å²) < 4.78 is 6.04. The lowest BCUT2D eigenvalue weighted by Gasteiger charge is -1.91. The Bertz CT molecular complexity index is 428. The highest BCUT2D eigenvalue weighted by atomic mass is 32.1. The number of nitrogens with zero attached hydrogens (tertiary/aromatic N) is 1. The first-order valence-corrected chi connectivity index (χ1v) is 4.40. The first-order valence-electron chi connectivity index (χ1n) is 3.22. The molecule has 0 aliphatic carbocycles. The van der Waals surface area contributed by atoms with Gasteiger partial charge >= 0.3 is 0 Å². The summed E-state index contributed by atoms with van der Waals surface area (Å²) in [6.45, 7) is 0. The molecule has 0 fully saturated rings. The molecule has 0 aliphatic heterocycles. The van der Waals surface area contributed by atoms with Crippen LogP contribution >= 0.6 is 23.8 Å². The van der Waals surface area contributed by atoms with E-state index in [-0.39, 0.29) is 0 Å². The van der Waals surface area contributed by atoms with Crippen molar-refractivity contribution in [2.75, 3.05) is 0 Å². The summed E-state index contributed by atoms with van der Waals surface area (Å²) in [5.74, 6) is 0. The molecule has 2 rings (SSSR count). The van der Waals surface area contributed by atoms with E-state index < -0.39 is 0 Å². The fraction of sp³-hybridized carbons (Fsp3) is 0. The molecule has 0 saturated heterocycles. The molecule has 1 heterocycles. The minimum absolute atomic E-state index is 0.833. The molecule has 11 heavy (non-hydrogen) atoms. The first kappa shape index (κ1) is 6.88. The second-order valence-electron chi connectivity index (χ2n) is 2.19. The lowest BCUT2D eigenvalue weighted by molar-refractivity contribution is 1.53. The summed E-state index contributed by atoms with van der Waals surface area (Å²) in [5, 5.41) is 1.13. The molecule has 0 atom stereocenters. The summed E-state index contributed by atoms with van der Waals surface area (Å²) >= 11 is 6.57. The molecule has 1 aromatic heterocycles. The summed E-state index contributed by atoms with van der Waals surface area (Å²) in [6.07, 6.45) is 1.72. The largest absolute Gasteiger partial charge is 0.199 e. The maximum atomic E-state index is 5.10. The molecule has 0 unspecified atom stereocenters. The lowest BCUT2D eigenvalue weighted by atomic mass is 10.3. The molecule has 0 radical (unpaired) electrons. The van der Waals surface area contributed by atoms with Crippen LogP contribution in [0.3, 0.4) is 0 Å². The Kier molecular flexibility index (Phi) is 1.68. The van der Waals surface area contributed by atoms with E-state index in [1.165, 1.54) is 11.5 Å². The Balaban J connectivity index is 3.03. The zero-order chi connectivity index (χ0) is 7.68. The average Bonchev–Trinajstić information content (AvgIpc) is 2.06. The van der Waals surface area contributed by atoms with E-state index >= 15 is 0 Å². The molecular formula is C8H5NS2. The molecule has 0 bridgehead atoms. The monoisotopic (exact) mass is 179 g/mol. The van der Waals surface area contributed by atoms with Gasteiger partial charge in [-0.2, -0.15) is 4.37 Å². The lowest BCUT2D eigenvalue weighted by Crippen LogP contribution is -1.70. The van der Waals surface area contributed by atoms with Gasteiger partial charge in [0, 0.05) is 5.39 Å². The average molecular weight is 179 g/mol. The number of hydrogen-bond acceptors (Lipinski definition) is 3. The number of hydrogen-bond donors (Lipinski definition) is 0. The Morgan fingerprint density at radius 2 is 2.09 bits per heavy atom. The number of benzene rings is 1. The third-order valence-corrected chi connectivity index (χ3v) is 2.56. The second-order valence-corrected chi connectivity index (χ2v) is 3.46. The minimum Gasteiger partial charge on any atom is -0.199 e. The highest BCUT2D eigenvalue weighted by molar-refractivity contribution is 7.71. The van der Waals surface area contributed by atoms with Crippen LogP contribution in [-0.4, -0.2) is 4.37 Å². The van der Waals surface area contributed by atoms with Gasteiger partial charge in [0.15, 0.2) is 0 Å². The van der Waals surface area contributed by atoms with Crippen molar-refractivity contribution < 1.29 is 0 Å². The highest BCUT2D eigenvalue weighted by Crippen LogP contribution is 2.16. The fourth-order valence-electron chi connectivity index (χ4n) is 0.950. The van der Waals surface area contributed by atoms with Crippen molar-refractivity contribution in [1.82, 2.24) is 4.37 Å². The van der Waals surface area contributed by atoms with Gasteiger partial charge in [-0.3, -0.25) is 0 Å². The van der Waals surface area contributed by atoms with Crippen molar-refractivity contribution in [2.24, 2.45) is 0 Å². The number of fused-ring (bicyclic) bond motifs is 1. The van der Waals surface area contributed by atoms with Gasteiger partial charge in [-0.05, 0) is 17.6 Å². The SMILES string of the molecule is S=c1cnsc2ccccc12. The molecule has 0 amide bonds. The summed E-state index contributed by atoms with van der Waals surface area (Å²) in [7, 11) is 0. The Hall–Kier alpha value is -0.800. The molecular weight excluding hydrogens is 174 g/mol. The van der Waals surface area contributed by atoms with Crippen LogP contribution in [0.15, 0.2) is 30.5 Å². The summed E-state index contributed by atoms with van der Waals surface area (Å²) in [6, 6.07) is 8.04. The van der Waals surface area contributed by atoms with E-state index in [4.69, 9.17) is 12.2 Å². The van der Waals surface area contributed by atoms with Crippen molar-refractivity contribution in [3.8, 4) is 0 Å². The normalized spacial score (nSPS) is 10.2. The van der Waals surface area contributed by atoms with Gasteiger partial charge in [-0.1, -0.05) is 30.4 Å². The molecule has 0 N–H and O–H groups in total. The van der Waals surface area contributed by atoms with Crippen LogP contribution in [-0.2, 0) is 0 Å². The zero-order valence-corrected chi connectivity index (χ0v) is 7.28. The van der Waals surface area contributed by atoms with Crippen molar-refractivity contribution in [1.29, 1.82) is 0 Å². The zero-order valence-electron chi connectivity index (χ0n) is 5.65. The van der Waals surface area contributed by atoms with Crippen LogP contribution in [0.4, 0.5) is 0 Å². The molecule has 2 aromatic rings. The van der Waals surface area contributed by atoms with E-state index in [0.717, 1.165) is 14.6 Å². The van der Waals surface area contributed by atoms with E-state index in [9.17, 15) is 0 Å². The van der Waals surface area contributed by atoms with Crippen molar-refractivity contribution in [3.05, 3.63) is 35.0 Å². The van der Waals surface area contributed by atoms with Crippen molar-refractivity contribution in [3.63, 3.8) is 0 Å². The Labute approximate surface area is 73.5 Å². The summed E-state index contributed by atoms with van der Waals surface area (Å²) in [5.41, 5.74) is 0. The van der Waals surface area contributed by atoms with Crippen LogP contribution < -0.4 is 0 Å². The smallest absolute Gasteiger partial charge is 0.0657 e. The predicted octanol–water partition coefficient (Wildman–Crippen LogP) is 3.03. The van der Waals surface area contributed by atoms with Gasteiger partial charge in [-0.15, -0.1) is 0 Å².